The van der Waals surface area contributed by atoms with Gasteiger partial charge in [-0.3, -0.25) is 9.38 Å². The number of nitrogens with zero attached hydrogens (tertiary/aromatic N) is 6. The summed E-state index contributed by atoms with van der Waals surface area (Å²) in [7, 11) is 4.13. The highest BCUT2D eigenvalue weighted by molar-refractivity contribution is 5.85. The highest BCUT2D eigenvalue weighted by Crippen LogP contribution is 2.29. The zero-order valence-corrected chi connectivity index (χ0v) is 19.5. The summed E-state index contributed by atoms with van der Waals surface area (Å²) < 4.78 is 13.6. The Hall–Kier alpha value is -3.23. The van der Waals surface area contributed by atoms with Crippen LogP contribution in [0.3, 0.4) is 0 Å². The first-order valence-electron chi connectivity index (χ1n) is 11.4. The van der Waals surface area contributed by atoms with Crippen molar-refractivity contribution < 1.29 is 9.47 Å². The SMILES string of the molecule is Cc1nc(N2CCOCC2)n2c1cnc1ccc(-c3ccc(OCCCN(C)C)nc3)cc12. The molecule has 0 spiro atoms. The minimum Gasteiger partial charge on any atom is -0.478 e. The summed E-state index contributed by atoms with van der Waals surface area (Å²) in [6, 6.07) is 10.3. The third-order valence-corrected chi connectivity index (χ3v) is 5.98. The van der Waals surface area contributed by atoms with E-state index < -0.39 is 0 Å². The molecule has 4 aromatic rings. The molecule has 5 rings (SSSR count). The summed E-state index contributed by atoms with van der Waals surface area (Å²) in [6.45, 7) is 6.81. The second-order valence-electron chi connectivity index (χ2n) is 8.67. The van der Waals surface area contributed by atoms with Crippen molar-refractivity contribution in [3.05, 3.63) is 48.4 Å². The molecule has 1 saturated heterocycles. The van der Waals surface area contributed by atoms with Crippen LogP contribution in [-0.2, 0) is 4.74 Å². The number of rotatable bonds is 7. The average Bonchev–Trinajstić information content (AvgIpc) is 3.19. The van der Waals surface area contributed by atoms with Gasteiger partial charge in [0.05, 0.1) is 48.3 Å². The third-order valence-electron chi connectivity index (χ3n) is 5.98. The van der Waals surface area contributed by atoms with Gasteiger partial charge in [-0.15, -0.1) is 0 Å². The maximum Gasteiger partial charge on any atom is 0.213 e. The Kier molecular flexibility index (Phi) is 6.11. The lowest BCUT2D eigenvalue weighted by Crippen LogP contribution is -2.37. The number of imidazole rings is 1. The number of hydrogen-bond acceptors (Lipinski definition) is 7. The first-order chi connectivity index (χ1) is 16.1. The van der Waals surface area contributed by atoms with Crippen LogP contribution in [0.2, 0.25) is 0 Å². The maximum atomic E-state index is 5.78. The summed E-state index contributed by atoms with van der Waals surface area (Å²) in [4.78, 5) is 18.5. The fourth-order valence-electron chi connectivity index (χ4n) is 4.21. The molecule has 172 valence electrons. The van der Waals surface area contributed by atoms with Crippen molar-refractivity contribution in [1.82, 2.24) is 24.3 Å². The van der Waals surface area contributed by atoms with Crippen molar-refractivity contribution in [1.29, 1.82) is 0 Å². The molecule has 1 fully saturated rings. The predicted octanol–water partition coefficient (Wildman–Crippen LogP) is 3.42. The molecule has 0 radical (unpaired) electrons. The molecule has 1 aliphatic rings. The first-order valence-corrected chi connectivity index (χ1v) is 11.4. The van der Waals surface area contributed by atoms with Crippen molar-refractivity contribution >= 4 is 22.5 Å². The number of hydrogen-bond donors (Lipinski definition) is 0. The highest BCUT2D eigenvalue weighted by Gasteiger charge is 2.20. The average molecular weight is 447 g/mol. The Morgan fingerprint density at radius 2 is 1.82 bits per heavy atom. The Morgan fingerprint density at radius 3 is 2.58 bits per heavy atom. The van der Waals surface area contributed by atoms with E-state index >= 15 is 0 Å². The van der Waals surface area contributed by atoms with E-state index in [9.17, 15) is 0 Å². The largest absolute Gasteiger partial charge is 0.478 e. The first kappa shape index (κ1) is 21.6. The van der Waals surface area contributed by atoms with Gasteiger partial charge < -0.3 is 19.3 Å². The van der Waals surface area contributed by atoms with Gasteiger partial charge >= 0.3 is 0 Å². The molecule has 8 nitrogen and oxygen atoms in total. The molecular formula is C25H30N6O2. The minimum absolute atomic E-state index is 0.655. The predicted molar refractivity (Wildman–Crippen MR) is 130 cm³/mol. The van der Waals surface area contributed by atoms with E-state index in [2.05, 4.69) is 62.5 Å². The number of aryl methyl sites for hydroxylation is 1. The van der Waals surface area contributed by atoms with Crippen molar-refractivity contribution in [2.24, 2.45) is 0 Å². The number of morpholine rings is 1. The van der Waals surface area contributed by atoms with E-state index in [4.69, 9.17) is 14.5 Å². The van der Waals surface area contributed by atoms with Crippen LogP contribution in [0.15, 0.2) is 42.7 Å². The van der Waals surface area contributed by atoms with E-state index in [1.54, 1.807) is 0 Å². The summed E-state index contributed by atoms with van der Waals surface area (Å²) >= 11 is 0. The topological polar surface area (TPSA) is 68.0 Å². The van der Waals surface area contributed by atoms with Crippen LogP contribution in [0.1, 0.15) is 12.1 Å². The fraction of sp³-hybridized carbons (Fsp3) is 0.400. The molecule has 4 heterocycles. The maximum absolute atomic E-state index is 5.78. The van der Waals surface area contributed by atoms with Gasteiger partial charge in [0.15, 0.2) is 0 Å². The quantitative estimate of drug-likeness (QED) is 0.403. The number of aromatic nitrogens is 4. The molecule has 1 aromatic carbocycles. The molecular weight excluding hydrogens is 416 g/mol. The number of pyridine rings is 1. The van der Waals surface area contributed by atoms with Crippen LogP contribution in [0.25, 0.3) is 27.7 Å². The van der Waals surface area contributed by atoms with Gasteiger partial charge in [-0.2, -0.15) is 0 Å². The minimum atomic E-state index is 0.655. The van der Waals surface area contributed by atoms with Gasteiger partial charge in [0.1, 0.15) is 0 Å². The van der Waals surface area contributed by atoms with E-state index in [-0.39, 0.29) is 0 Å². The molecule has 0 aliphatic carbocycles. The molecule has 0 amide bonds. The van der Waals surface area contributed by atoms with Crippen LogP contribution in [0.5, 0.6) is 5.88 Å². The van der Waals surface area contributed by atoms with Gasteiger partial charge in [-0.05, 0) is 51.2 Å². The second kappa shape index (κ2) is 9.33. The van der Waals surface area contributed by atoms with Crippen molar-refractivity contribution in [3.63, 3.8) is 0 Å². The van der Waals surface area contributed by atoms with Crippen LogP contribution in [-0.4, -0.2) is 77.8 Å². The van der Waals surface area contributed by atoms with Crippen molar-refractivity contribution in [2.45, 2.75) is 13.3 Å². The van der Waals surface area contributed by atoms with Crippen LogP contribution in [0.4, 0.5) is 5.95 Å². The normalized spacial score (nSPS) is 14.5. The van der Waals surface area contributed by atoms with Gasteiger partial charge in [0.25, 0.3) is 0 Å². The standard InChI is InChI=1S/C25H30N6O2/c1-18-23-17-26-21-7-5-19(20-6-8-24(27-16-20)33-12-4-9-29(2)3)15-22(21)31(23)25(28-18)30-10-13-32-14-11-30/h5-8,15-17H,4,9-14H2,1-3H3. The monoisotopic (exact) mass is 446 g/mol. The Balaban J connectivity index is 1.46. The van der Waals surface area contributed by atoms with Gasteiger partial charge in [-0.1, -0.05) is 6.07 Å². The lowest BCUT2D eigenvalue weighted by atomic mass is 10.1. The summed E-state index contributed by atoms with van der Waals surface area (Å²) in [5.41, 5.74) is 6.11. The second-order valence-corrected chi connectivity index (χ2v) is 8.67. The lowest BCUT2D eigenvalue weighted by Gasteiger charge is -2.27. The number of ether oxygens (including phenoxy) is 2. The molecule has 0 saturated carbocycles. The molecule has 0 N–H and O–H groups in total. The van der Waals surface area contributed by atoms with Gasteiger partial charge in [0, 0.05) is 37.5 Å². The lowest BCUT2D eigenvalue weighted by molar-refractivity contribution is 0.122. The Morgan fingerprint density at radius 1 is 1.00 bits per heavy atom. The molecule has 8 heteroatoms. The van der Waals surface area contributed by atoms with Gasteiger partial charge in [0.2, 0.25) is 11.8 Å². The van der Waals surface area contributed by atoms with E-state index in [0.29, 0.717) is 12.5 Å². The van der Waals surface area contributed by atoms with E-state index in [0.717, 1.165) is 78.6 Å². The number of anilines is 1. The molecule has 0 bridgehead atoms. The molecule has 3 aromatic heterocycles. The summed E-state index contributed by atoms with van der Waals surface area (Å²) in [5.74, 6) is 1.61. The summed E-state index contributed by atoms with van der Waals surface area (Å²) in [6.07, 6.45) is 4.76. The molecule has 0 atom stereocenters. The Labute approximate surface area is 193 Å². The number of benzene rings is 1. The van der Waals surface area contributed by atoms with Crippen LogP contribution < -0.4 is 9.64 Å². The molecule has 33 heavy (non-hydrogen) atoms. The van der Waals surface area contributed by atoms with Gasteiger partial charge in [-0.25, -0.2) is 9.97 Å². The van der Waals surface area contributed by atoms with Crippen molar-refractivity contribution in [2.75, 3.05) is 58.5 Å². The fourth-order valence-corrected chi connectivity index (χ4v) is 4.21. The van der Waals surface area contributed by atoms with E-state index in [1.807, 2.05) is 25.4 Å². The highest BCUT2D eigenvalue weighted by atomic mass is 16.5. The molecule has 0 unspecified atom stereocenters. The van der Waals surface area contributed by atoms with Crippen molar-refractivity contribution in [3.8, 4) is 17.0 Å². The molecule has 1 aliphatic heterocycles. The smallest absolute Gasteiger partial charge is 0.213 e. The summed E-state index contributed by atoms with van der Waals surface area (Å²) in [5, 5.41) is 0. The zero-order chi connectivity index (χ0) is 22.8. The third kappa shape index (κ3) is 4.49. The van der Waals surface area contributed by atoms with Crippen LogP contribution in [0, 0.1) is 6.92 Å². The van der Waals surface area contributed by atoms with E-state index in [1.165, 1.54) is 0 Å². The number of fused-ring (bicyclic) bond motifs is 3. The van der Waals surface area contributed by atoms with Crippen LogP contribution >= 0.6 is 0 Å². The Bertz CT molecular complexity index is 1250. The zero-order valence-electron chi connectivity index (χ0n) is 19.5.